The summed E-state index contributed by atoms with van der Waals surface area (Å²) in [6, 6.07) is 1.56. The van der Waals surface area contributed by atoms with Crippen molar-refractivity contribution in [2.45, 2.75) is 13.1 Å². The summed E-state index contributed by atoms with van der Waals surface area (Å²) >= 11 is 0. The number of nitrogens with two attached hydrogens (primary N) is 1. The van der Waals surface area contributed by atoms with Crippen LogP contribution in [0.1, 0.15) is 22.8 Å². The first-order valence-corrected chi connectivity index (χ1v) is 5.49. The van der Waals surface area contributed by atoms with Crippen LogP contribution in [0.15, 0.2) is 12.1 Å². The number of hydrogen-bond acceptors (Lipinski definition) is 5. The predicted molar refractivity (Wildman–Crippen MR) is 66.4 cm³/mol. The van der Waals surface area contributed by atoms with E-state index < -0.39 is 23.4 Å². The van der Waals surface area contributed by atoms with Crippen molar-refractivity contribution >= 4 is 23.1 Å². The molecule has 0 aliphatic rings. The molecular weight excluding hydrogens is 277 g/mol. The Morgan fingerprint density at radius 2 is 1.95 bits per heavy atom. The minimum Gasteiger partial charge on any atom is -0.465 e. The predicted octanol–water partition coefficient (Wildman–Crippen LogP) is 2.08. The van der Waals surface area contributed by atoms with Gasteiger partial charge in [0, 0.05) is 11.4 Å². The topological polar surface area (TPSA) is 81.4 Å². The van der Waals surface area contributed by atoms with Crippen molar-refractivity contribution in [2.24, 2.45) is 0 Å². The zero-order valence-electron chi connectivity index (χ0n) is 10.8. The molecule has 0 aliphatic carbocycles. The van der Waals surface area contributed by atoms with Gasteiger partial charge in [-0.25, -0.2) is 4.79 Å². The molecular formula is C12H13F3N2O3. The van der Waals surface area contributed by atoms with Crippen molar-refractivity contribution in [1.82, 2.24) is 0 Å². The molecule has 1 aromatic rings. The van der Waals surface area contributed by atoms with Crippen LogP contribution in [-0.4, -0.2) is 25.4 Å². The number of nitrogen functional groups attached to an aromatic ring is 1. The summed E-state index contributed by atoms with van der Waals surface area (Å²) in [6.45, 7) is 0.923. The van der Waals surface area contributed by atoms with Gasteiger partial charge in [-0.2, -0.15) is 13.2 Å². The molecule has 0 bridgehead atoms. The summed E-state index contributed by atoms with van der Waals surface area (Å²) in [4.78, 5) is 22.3. The van der Waals surface area contributed by atoms with E-state index in [2.05, 4.69) is 10.1 Å². The van der Waals surface area contributed by atoms with Crippen molar-refractivity contribution in [3.63, 3.8) is 0 Å². The number of nitrogens with one attached hydrogen (secondary N) is 1. The van der Waals surface area contributed by atoms with Gasteiger partial charge < -0.3 is 15.8 Å². The van der Waals surface area contributed by atoms with Gasteiger partial charge in [-0.15, -0.1) is 0 Å². The van der Waals surface area contributed by atoms with Gasteiger partial charge in [0.1, 0.15) is 5.78 Å². The number of esters is 1. The van der Waals surface area contributed by atoms with E-state index in [9.17, 15) is 22.8 Å². The molecule has 0 aromatic heterocycles. The summed E-state index contributed by atoms with van der Waals surface area (Å²) < 4.78 is 43.0. The highest BCUT2D eigenvalue weighted by Gasteiger charge is 2.35. The number of Topliss-reactive ketones (excluding diaryl/α,β-unsaturated/α-hetero) is 1. The van der Waals surface area contributed by atoms with Gasteiger partial charge >= 0.3 is 12.1 Å². The molecule has 110 valence electrons. The maximum atomic E-state index is 12.9. The number of hydrogen-bond donors (Lipinski definition) is 2. The van der Waals surface area contributed by atoms with Crippen LogP contribution in [-0.2, 0) is 15.7 Å². The van der Waals surface area contributed by atoms with Crippen molar-refractivity contribution in [2.75, 3.05) is 24.7 Å². The van der Waals surface area contributed by atoms with Crippen LogP contribution >= 0.6 is 0 Å². The number of anilines is 2. The molecule has 0 saturated heterocycles. The molecule has 0 spiro atoms. The lowest BCUT2D eigenvalue weighted by atomic mass is 10.1. The number of alkyl halides is 3. The average molecular weight is 290 g/mol. The molecule has 1 rings (SSSR count). The summed E-state index contributed by atoms with van der Waals surface area (Å²) in [5.74, 6) is -1.21. The van der Waals surface area contributed by atoms with E-state index in [1.165, 1.54) is 6.92 Å². The normalized spacial score (nSPS) is 11.1. The second-order valence-electron chi connectivity index (χ2n) is 4.03. The lowest BCUT2D eigenvalue weighted by Gasteiger charge is -2.16. The molecule has 0 heterocycles. The van der Waals surface area contributed by atoms with Crippen LogP contribution in [0, 0.1) is 0 Å². The summed E-state index contributed by atoms with van der Waals surface area (Å²) in [6.07, 6.45) is -4.66. The smallest absolute Gasteiger partial charge is 0.418 e. The van der Waals surface area contributed by atoms with Crippen LogP contribution in [0.3, 0.4) is 0 Å². The SMILES string of the molecule is COC(=O)c1cc(NCC(C)=O)c(C(F)(F)F)cc1N. The van der Waals surface area contributed by atoms with Crippen LogP contribution in [0.4, 0.5) is 24.5 Å². The lowest BCUT2D eigenvalue weighted by molar-refractivity contribution is -0.137. The van der Waals surface area contributed by atoms with E-state index >= 15 is 0 Å². The van der Waals surface area contributed by atoms with Gasteiger partial charge in [0.2, 0.25) is 0 Å². The number of ether oxygens (including phenoxy) is 1. The molecule has 0 aliphatic heterocycles. The number of benzene rings is 1. The number of halogens is 3. The minimum absolute atomic E-state index is 0.202. The number of carbonyl (C=O) groups is 2. The van der Waals surface area contributed by atoms with Crippen molar-refractivity contribution in [3.05, 3.63) is 23.3 Å². The molecule has 0 radical (unpaired) electrons. The van der Waals surface area contributed by atoms with Crippen LogP contribution in [0.5, 0.6) is 0 Å². The van der Waals surface area contributed by atoms with Crippen molar-refractivity contribution in [3.8, 4) is 0 Å². The molecule has 0 amide bonds. The molecule has 0 fully saturated rings. The third-order valence-corrected chi connectivity index (χ3v) is 2.43. The number of carbonyl (C=O) groups excluding carboxylic acids is 2. The summed E-state index contributed by atoms with van der Waals surface area (Å²) in [7, 11) is 1.09. The van der Waals surface area contributed by atoms with E-state index in [0.29, 0.717) is 6.07 Å². The molecule has 20 heavy (non-hydrogen) atoms. The Balaban J connectivity index is 3.34. The fraction of sp³-hybridized carbons (Fsp3) is 0.333. The summed E-state index contributed by atoms with van der Waals surface area (Å²) in [5, 5.41) is 2.33. The maximum Gasteiger partial charge on any atom is 0.418 e. The molecule has 8 heteroatoms. The minimum atomic E-state index is -4.66. The van der Waals surface area contributed by atoms with Gasteiger partial charge in [-0.3, -0.25) is 4.79 Å². The largest absolute Gasteiger partial charge is 0.465 e. The standard InChI is InChI=1S/C12H13F3N2O3/c1-6(18)5-17-10-3-7(11(19)20-2)9(16)4-8(10)12(13,14)15/h3-4,17H,5,16H2,1-2H3. The number of rotatable bonds is 4. The number of ketones is 1. The Morgan fingerprint density at radius 1 is 1.35 bits per heavy atom. The fourth-order valence-corrected chi connectivity index (χ4v) is 1.50. The Bertz CT molecular complexity index is 541. The first kappa shape index (κ1) is 15.8. The molecule has 1 aromatic carbocycles. The highest BCUT2D eigenvalue weighted by atomic mass is 19.4. The Hall–Kier alpha value is -2.25. The van der Waals surface area contributed by atoms with E-state index in [-0.39, 0.29) is 23.6 Å². The lowest BCUT2D eigenvalue weighted by Crippen LogP contribution is -2.17. The van der Waals surface area contributed by atoms with E-state index in [4.69, 9.17) is 5.73 Å². The van der Waals surface area contributed by atoms with Gasteiger partial charge in [0.05, 0.1) is 24.8 Å². The quantitative estimate of drug-likeness (QED) is 0.655. The second-order valence-corrected chi connectivity index (χ2v) is 4.03. The number of methoxy groups -OCH3 is 1. The van der Waals surface area contributed by atoms with Crippen LogP contribution in [0.2, 0.25) is 0 Å². The third-order valence-electron chi connectivity index (χ3n) is 2.43. The zero-order valence-corrected chi connectivity index (χ0v) is 10.8. The molecule has 3 N–H and O–H groups in total. The molecule has 0 atom stereocenters. The van der Waals surface area contributed by atoms with Crippen molar-refractivity contribution in [1.29, 1.82) is 0 Å². The van der Waals surface area contributed by atoms with Gasteiger partial charge in [-0.05, 0) is 19.1 Å². The Kier molecular flexibility index (Phi) is 4.59. The fourth-order valence-electron chi connectivity index (χ4n) is 1.50. The summed E-state index contributed by atoms with van der Waals surface area (Å²) in [5.41, 5.74) is 3.42. The maximum absolute atomic E-state index is 12.9. The highest BCUT2D eigenvalue weighted by molar-refractivity contribution is 5.97. The van der Waals surface area contributed by atoms with Gasteiger partial charge in [0.25, 0.3) is 0 Å². The first-order chi connectivity index (χ1) is 9.16. The Morgan fingerprint density at radius 3 is 2.40 bits per heavy atom. The molecule has 0 saturated carbocycles. The van der Waals surface area contributed by atoms with E-state index in [1.807, 2.05) is 0 Å². The zero-order chi connectivity index (χ0) is 15.5. The van der Waals surface area contributed by atoms with E-state index in [0.717, 1.165) is 13.2 Å². The van der Waals surface area contributed by atoms with Crippen LogP contribution < -0.4 is 11.1 Å². The van der Waals surface area contributed by atoms with Crippen molar-refractivity contribution < 1.29 is 27.5 Å². The van der Waals surface area contributed by atoms with Gasteiger partial charge in [-0.1, -0.05) is 0 Å². The second kappa shape index (κ2) is 5.81. The van der Waals surface area contributed by atoms with E-state index in [1.54, 1.807) is 0 Å². The first-order valence-electron chi connectivity index (χ1n) is 5.49. The molecule has 5 nitrogen and oxygen atoms in total. The highest BCUT2D eigenvalue weighted by Crippen LogP contribution is 2.37. The van der Waals surface area contributed by atoms with Crippen LogP contribution in [0.25, 0.3) is 0 Å². The third kappa shape index (κ3) is 3.62. The molecule has 0 unspecified atom stereocenters. The Labute approximate surface area is 112 Å². The average Bonchev–Trinajstić information content (AvgIpc) is 2.34. The van der Waals surface area contributed by atoms with Gasteiger partial charge in [0.15, 0.2) is 0 Å². The monoisotopic (exact) mass is 290 g/mol.